The lowest BCUT2D eigenvalue weighted by atomic mass is 10.3. The molecule has 0 amide bonds. The number of anilines is 1. The van der Waals surface area contributed by atoms with Gasteiger partial charge in [-0.15, -0.1) is 0 Å². The van der Waals surface area contributed by atoms with Gasteiger partial charge in [-0.3, -0.25) is 4.31 Å². The molecule has 0 aromatic heterocycles. The lowest BCUT2D eigenvalue weighted by molar-refractivity contribution is 0.560. The molecule has 1 saturated heterocycles. The second-order valence-corrected chi connectivity index (χ2v) is 8.00. The van der Waals surface area contributed by atoms with Crippen LogP contribution in [0.15, 0.2) is 29.2 Å². The van der Waals surface area contributed by atoms with E-state index in [9.17, 15) is 16.8 Å². The zero-order valence-electron chi connectivity index (χ0n) is 9.21. The molecule has 0 saturated carbocycles. The summed E-state index contributed by atoms with van der Waals surface area (Å²) in [6, 6.07) is 5.39. The van der Waals surface area contributed by atoms with Crippen LogP contribution in [0.25, 0.3) is 0 Å². The lowest BCUT2D eigenvalue weighted by Gasteiger charge is -2.28. The van der Waals surface area contributed by atoms with Crippen LogP contribution in [0.5, 0.6) is 0 Å². The molecule has 1 fully saturated rings. The van der Waals surface area contributed by atoms with Crippen LogP contribution in [-0.2, 0) is 19.3 Å². The van der Waals surface area contributed by atoms with E-state index in [-0.39, 0.29) is 4.90 Å². The van der Waals surface area contributed by atoms with Gasteiger partial charge in [0, 0.05) is 23.8 Å². The Bertz CT molecular complexity index is 640. The monoisotopic (exact) mass is 310 g/mol. The molecular formula is C9H11ClN2O4S2. The lowest BCUT2D eigenvalue weighted by Crippen LogP contribution is -2.47. The van der Waals surface area contributed by atoms with Crippen molar-refractivity contribution >= 4 is 35.6 Å². The van der Waals surface area contributed by atoms with Gasteiger partial charge < -0.3 is 0 Å². The number of hydrogen-bond donors (Lipinski definition) is 1. The molecule has 0 aliphatic carbocycles. The van der Waals surface area contributed by atoms with E-state index in [1.807, 2.05) is 0 Å². The largest absolute Gasteiger partial charge is 0.301 e. The van der Waals surface area contributed by atoms with Crippen LogP contribution in [0, 0.1) is 0 Å². The van der Waals surface area contributed by atoms with Crippen LogP contribution in [0.2, 0.25) is 0 Å². The van der Waals surface area contributed by atoms with Crippen LogP contribution in [0.4, 0.5) is 5.69 Å². The van der Waals surface area contributed by atoms with Crippen molar-refractivity contribution < 1.29 is 16.8 Å². The molecular weight excluding hydrogens is 300 g/mol. The SMILES string of the molecule is O=S(=O)(Cl)c1ccc(N2CCCNS2(=O)=O)cc1. The molecule has 2 rings (SSSR count). The number of benzene rings is 1. The molecule has 0 spiro atoms. The quantitative estimate of drug-likeness (QED) is 0.813. The van der Waals surface area contributed by atoms with Gasteiger partial charge in [-0.25, -0.2) is 8.42 Å². The van der Waals surface area contributed by atoms with Gasteiger partial charge in [0.1, 0.15) is 0 Å². The topological polar surface area (TPSA) is 83.6 Å². The van der Waals surface area contributed by atoms with Crippen molar-refractivity contribution in [1.82, 2.24) is 4.72 Å². The highest BCUT2D eigenvalue weighted by Gasteiger charge is 2.25. The summed E-state index contributed by atoms with van der Waals surface area (Å²) in [5.41, 5.74) is 0.409. The Morgan fingerprint density at radius 2 is 1.83 bits per heavy atom. The minimum absolute atomic E-state index is 0.0599. The minimum atomic E-state index is -3.79. The first-order valence-corrected chi connectivity index (χ1v) is 8.88. The van der Waals surface area contributed by atoms with E-state index in [4.69, 9.17) is 10.7 Å². The Balaban J connectivity index is 2.35. The van der Waals surface area contributed by atoms with Crippen molar-refractivity contribution in [2.75, 3.05) is 17.4 Å². The standard InChI is InChI=1S/C9H11ClN2O4S2/c10-17(13,14)9-4-2-8(3-5-9)12-7-1-6-11-18(12,15)16/h2-5,11H,1,6-7H2. The van der Waals surface area contributed by atoms with Gasteiger partial charge in [0.2, 0.25) is 0 Å². The summed E-state index contributed by atoms with van der Waals surface area (Å²) >= 11 is 0. The average Bonchev–Trinajstić information content (AvgIpc) is 2.27. The first kappa shape index (κ1) is 13.6. The fourth-order valence-electron chi connectivity index (χ4n) is 1.66. The van der Waals surface area contributed by atoms with Gasteiger partial charge in [0.05, 0.1) is 10.6 Å². The van der Waals surface area contributed by atoms with Gasteiger partial charge in [-0.05, 0) is 30.7 Å². The van der Waals surface area contributed by atoms with Crippen LogP contribution >= 0.6 is 10.7 Å². The van der Waals surface area contributed by atoms with Crippen molar-refractivity contribution in [3.8, 4) is 0 Å². The van der Waals surface area contributed by atoms with Crippen LogP contribution < -0.4 is 9.03 Å². The molecule has 6 nitrogen and oxygen atoms in total. The number of hydrogen-bond acceptors (Lipinski definition) is 4. The summed E-state index contributed by atoms with van der Waals surface area (Å²) in [4.78, 5) is -0.0599. The van der Waals surface area contributed by atoms with Crippen molar-refractivity contribution in [3.63, 3.8) is 0 Å². The van der Waals surface area contributed by atoms with Crippen LogP contribution in [0.3, 0.4) is 0 Å². The molecule has 1 aromatic rings. The zero-order chi connectivity index (χ0) is 13.4. The second kappa shape index (κ2) is 4.69. The Morgan fingerprint density at radius 1 is 1.22 bits per heavy atom. The summed E-state index contributed by atoms with van der Waals surface area (Å²) < 4.78 is 49.2. The molecule has 1 heterocycles. The predicted octanol–water partition coefficient (Wildman–Crippen LogP) is 0.659. The number of rotatable bonds is 2. The predicted molar refractivity (Wildman–Crippen MR) is 68.4 cm³/mol. The molecule has 0 bridgehead atoms. The van der Waals surface area contributed by atoms with Gasteiger partial charge in [-0.1, -0.05) is 0 Å². The molecule has 9 heteroatoms. The fourth-order valence-corrected chi connectivity index (χ4v) is 3.76. The first-order valence-electron chi connectivity index (χ1n) is 5.13. The first-order chi connectivity index (χ1) is 8.31. The third-order valence-electron chi connectivity index (χ3n) is 2.52. The van der Waals surface area contributed by atoms with Gasteiger partial charge in [0.15, 0.2) is 0 Å². The summed E-state index contributed by atoms with van der Waals surface area (Å²) in [6.45, 7) is 0.773. The molecule has 0 unspecified atom stereocenters. The highest BCUT2D eigenvalue weighted by Crippen LogP contribution is 2.23. The molecule has 1 aliphatic heterocycles. The molecule has 1 aromatic carbocycles. The summed E-state index contributed by atoms with van der Waals surface area (Å²) in [7, 11) is -2.13. The van der Waals surface area contributed by atoms with Crippen molar-refractivity contribution in [2.24, 2.45) is 0 Å². The second-order valence-electron chi connectivity index (χ2n) is 3.76. The maximum absolute atomic E-state index is 11.7. The molecule has 100 valence electrons. The van der Waals surface area contributed by atoms with Crippen molar-refractivity contribution in [3.05, 3.63) is 24.3 Å². The normalized spacial score (nSPS) is 19.7. The smallest absolute Gasteiger partial charge is 0.258 e. The fraction of sp³-hybridized carbons (Fsp3) is 0.333. The van der Waals surface area contributed by atoms with E-state index in [1.54, 1.807) is 0 Å². The highest BCUT2D eigenvalue weighted by molar-refractivity contribution is 8.13. The third kappa shape index (κ3) is 2.77. The summed E-state index contributed by atoms with van der Waals surface area (Å²) in [6.07, 6.45) is 0.689. The third-order valence-corrected chi connectivity index (χ3v) is 5.43. The summed E-state index contributed by atoms with van der Waals surface area (Å²) in [5.74, 6) is 0. The van der Waals surface area contributed by atoms with Crippen molar-refractivity contribution in [1.29, 1.82) is 0 Å². The molecule has 0 atom stereocenters. The van der Waals surface area contributed by atoms with Gasteiger partial charge >= 0.3 is 10.2 Å². The van der Waals surface area contributed by atoms with E-state index in [0.717, 1.165) is 0 Å². The molecule has 18 heavy (non-hydrogen) atoms. The Labute approximate surface area is 110 Å². The van der Waals surface area contributed by atoms with Gasteiger partial charge in [-0.2, -0.15) is 13.1 Å². The molecule has 1 aliphatic rings. The van der Waals surface area contributed by atoms with Gasteiger partial charge in [0.25, 0.3) is 9.05 Å². The Morgan fingerprint density at radius 3 is 2.33 bits per heavy atom. The maximum Gasteiger partial charge on any atom is 0.301 e. The minimum Gasteiger partial charge on any atom is -0.258 e. The zero-order valence-corrected chi connectivity index (χ0v) is 11.6. The van der Waals surface area contributed by atoms with Crippen LogP contribution in [0.1, 0.15) is 6.42 Å². The molecule has 0 radical (unpaired) electrons. The van der Waals surface area contributed by atoms with E-state index < -0.39 is 19.3 Å². The number of nitrogens with zero attached hydrogens (tertiary/aromatic N) is 1. The van der Waals surface area contributed by atoms with E-state index in [0.29, 0.717) is 25.2 Å². The highest BCUT2D eigenvalue weighted by atomic mass is 35.7. The number of nitrogens with one attached hydrogen (secondary N) is 1. The van der Waals surface area contributed by atoms with Crippen LogP contribution in [-0.4, -0.2) is 29.9 Å². The summed E-state index contributed by atoms with van der Waals surface area (Å²) in [5, 5.41) is 0. The Hall–Kier alpha value is -0.830. The van der Waals surface area contributed by atoms with E-state index in [2.05, 4.69) is 4.72 Å². The average molecular weight is 311 g/mol. The Kier molecular flexibility index (Phi) is 3.54. The molecule has 1 N–H and O–H groups in total. The number of halogens is 1. The van der Waals surface area contributed by atoms with E-state index >= 15 is 0 Å². The van der Waals surface area contributed by atoms with Crippen molar-refractivity contribution in [2.45, 2.75) is 11.3 Å². The maximum atomic E-state index is 11.7. The van der Waals surface area contributed by atoms with E-state index in [1.165, 1.54) is 28.6 Å².